The first-order chi connectivity index (χ1) is 12.4. The highest BCUT2D eigenvalue weighted by molar-refractivity contribution is 5.97. The van der Waals surface area contributed by atoms with Gasteiger partial charge in [-0.05, 0) is 31.5 Å². The van der Waals surface area contributed by atoms with Gasteiger partial charge < -0.3 is 9.64 Å². The number of carbonyl (C=O) groups excluding carboxylic acids is 1. The molecule has 6 heteroatoms. The van der Waals surface area contributed by atoms with E-state index >= 15 is 0 Å². The number of amides is 1. The maximum Gasteiger partial charge on any atom is 0.269 e. The average Bonchev–Trinajstić information content (AvgIpc) is 2.61. The van der Waals surface area contributed by atoms with Gasteiger partial charge in [0.15, 0.2) is 0 Å². The van der Waals surface area contributed by atoms with Crippen LogP contribution in [0.25, 0.3) is 0 Å². The number of hydrogen-bond donors (Lipinski definition) is 0. The van der Waals surface area contributed by atoms with Gasteiger partial charge in [0.1, 0.15) is 5.75 Å². The lowest BCUT2D eigenvalue weighted by molar-refractivity contribution is -0.384. The van der Waals surface area contributed by atoms with Crippen LogP contribution in [-0.2, 0) is 6.54 Å². The van der Waals surface area contributed by atoms with E-state index in [0.29, 0.717) is 23.4 Å². The van der Waals surface area contributed by atoms with E-state index in [4.69, 9.17) is 4.74 Å². The smallest absolute Gasteiger partial charge is 0.269 e. The zero-order valence-corrected chi connectivity index (χ0v) is 14.9. The predicted molar refractivity (Wildman–Crippen MR) is 100 cm³/mol. The molecule has 0 atom stereocenters. The molecule has 2 rings (SSSR count). The van der Waals surface area contributed by atoms with Crippen LogP contribution >= 0.6 is 0 Å². The van der Waals surface area contributed by atoms with Gasteiger partial charge in [-0.1, -0.05) is 30.3 Å². The van der Waals surface area contributed by atoms with E-state index in [1.165, 1.54) is 12.1 Å². The van der Waals surface area contributed by atoms with Gasteiger partial charge in [-0.25, -0.2) is 0 Å². The lowest BCUT2D eigenvalue weighted by atomic mass is 10.1. The van der Waals surface area contributed by atoms with Crippen LogP contribution < -0.4 is 4.74 Å². The van der Waals surface area contributed by atoms with Crippen LogP contribution in [0.4, 0.5) is 5.69 Å². The summed E-state index contributed by atoms with van der Waals surface area (Å²) < 4.78 is 5.73. The van der Waals surface area contributed by atoms with Gasteiger partial charge in [0.05, 0.1) is 16.6 Å². The molecule has 0 saturated carbocycles. The molecule has 6 nitrogen and oxygen atoms in total. The minimum atomic E-state index is -0.449. The van der Waals surface area contributed by atoms with Crippen LogP contribution in [0.3, 0.4) is 0 Å². The maximum absolute atomic E-state index is 13.0. The van der Waals surface area contributed by atoms with Crippen molar-refractivity contribution in [3.63, 3.8) is 0 Å². The highest BCUT2D eigenvalue weighted by Crippen LogP contribution is 2.23. The number of rotatable bonds is 8. The predicted octanol–water partition coefficient (Wildman–Crippen LogP) is 4.21. The van der Waals surface area contributed by atoms with Gasteiger partial charge in [-0.2, -0.15) is 0 Å². The van der Waals surface area contributed by atoms with Crippen LogP contribution in [0.15, 0.2) is 61.2 Å². The van der Waals surface area contributed by atoms with Crippen molar-refractivity contribution in [2.45, 2.75) is 26.5 Å². The molecule has 2 aromatic rings. The van der Waals surface area contributed by atoms with Gasteiger partial charge in [-0.3, -0.25) is 14.9 Å². The van der Waals surface area contributed by atoms with Gasteiger partial charge in [0.25, 0.3) is 11.6 Å². The third-order valence-electron chi connectivity index (χ3n) is 3.61. The molecule has 0 aromatic heterocycles. The third kappa shape index (κ3) is 4.92. The van der Waals surface area contributed by atoms with E-state index in [9.17, 15) is 14.9 Å². The first-order valence-corrected chi connectivity index (χ1v) is 8.31. The van der Waals surface area contributed by atoms with E-state index in [-0.39, 0.29) is 24.2 Å². The highest BCUT2D eigenvalue weighted by Gasteiger charge is 2.20. The summed E-state index contributed by atoms with van der Waals surface area (Å²) in [5, 5.41) is 11.0. The Morgan fingerprint density at radius 2 is 2.00 bits per heavy atom. The number of para-hydroxylation sites is 1. The molecule has 0 bridgehead atoms. The van der Waals surface area contributed by atoms with Crippen molar-refractivity contribution in [2.24, 2.45) is 0 Å². The Morgan fingerprint density at radius 3 is 2.65 bits per heavy atom. The molecule has 0 N–H and O–H groups in total. The summed E-state index contributed by atoms with van der Waals surface area (Å²) in [6.07, 6.45) is 1.56. The standard InChI is InChI=1S/C20H22N2O4/c1-4-12-21(14-16-8-7-9-17(13-16)22(24)25)20(23)18-10-5-6-11-19(18)26-15(2)3/h4-11,13,15H,1,12,14H2,2-3H3. The topological polar surface area (TPSA) is 72.7 Å². The van der Waals surface area contributed by atoms with Gasteiger partial charge >= 0.3 is 0 Å². The van der Waals surface area contributed by atoms with E-state index in [0.717, 1.165) is 0 Å². The molecule has 0 heterocycles. The second-order valence-electron chi connectivity index (χ2n) is 6.06. The zero-order valence-electron chi connectivity index (χ0n) is 14.9. The molecular formula is C20H22N2O4. The summed E-state index contributed by atoms with van der Waals surface area (Å²) in [5.74, 6) is 0.299. The van der Waals surface area contributed by atoms with Crippen molar-refractivity contribution < 1.29 is 14.5 Å². The molecule has 0 radical (unpaired) electrons. The van der Waals surface area contributed by atoms with E-state index in [1.807, 2.05) is 19.9 Å². The number of nitro groups is 1. The Kier molecular flexibility index (Phi) is 6.49. The monoisotopic (exact) mass is 354 g/mol. The lowest BCUT2D eigenvalue weighted by Gasteiger charge is -2.23. The van der Waals surface area contributed by atoms with Crippen LogP contribution in [0.2, 0.25) is 0 Å². The summed E-state index contributed by atoms with van der Waals surface area (Å²) in [6, 6.07) is 13.3. The number of ether oxygens (including phenoxy) is 1. The number of benzene rings is 2. The molecule has 1 amide bonds. The minimum Gasteiger partial charge on any atom is -0.490 e. The Labute approximate surface area is 152 Å². The lowest BCUT2D eigenvalue weighted by Crippen LogP contribution is -2.31. The second kappa shape index (κ2) is 8.80. The Balaban J connectivity index is 2.30. The summed E-state index contributed by atoms with van der Waals surface area (Å²) in [6.45, 7) is 8.05. The number of hydrogen-bond acceptors (Lipinski definition) is 4. The number of nitrogens with zero attached hydrogens (tertiary/aromatic N) is 2. The molecule has 0 unspecified atom stereocenters. The minimum absolute atomic E-state index is 0.00274. The van der Waals surface area contributed by atoms with Crippen molar-refractivity contribution in [1.82, 2.24) is 4.90 Å². The average molecular weight is 354 g/mol. The summed E-state index contributed by atoms with van der Waals surface area (Å²) >= 11 is 0. The Hall–Kier alpha value is -3.15. The SMILES string of the molecule is C=CCN(Cc1cccc([N+](=O)[O-])c1)C(=O)c1ccccc1OC(C)C. The fraction of sp³-hybridized carbons (Fsp3) is 0.250. The van der Waals surface area contributed by atoms with E-state index in [1.54, 1.807) is 41.3 Å². The summed E-state index contributed by atoms with van der Waals surface area (Å²) in [7, 11) is 0. The Bertz CT molecular complexity index is 802. The maximum atomic E-state index is 13.0. The molecule has 0 aliphatic carbocycles. The fourth-order valence-corrected chi connectivity index (χ4v) is 2.53. The van der Waals surface area contributed by atoms with Gasteiger partial charge in [-0.15, -0.1) is 6.58 Å². The molecule has 136 valence electrons. The quantitative estimate of drug-likeness (QED) is 0.404. The fourth-order valence-electron chi connectivity index (χ4n) is 2.53. The van der Waals surface area contributed by atoms with Crippen molar-refractivity contribution in [2.75, 3.05) is 6.54 Å². The Morgan fingerprint density at radius 1 is 1.27 bits per heavy atom. The first kappa shape index (κ1) is 19.2. The van der Waals surface area contributed by atoms with E-state index in [2.05, 4.69) is 6.58 Å². The number of nitro benzene ring substituents is 1. The molecule has 26 heavy (non-hydrogen) atoms. The van der Waals surface area contributed by atoms with Crippen LogP contribution in [0, 0.1) is 10.1 Å². The largest absolute Gasteiger partial charge is 0.490 e. The number of carbonyl (C=O) groups is 1. The molecule has 2 aromatic carbocycles. The normalized spacial score (nSPS) is 10.4. The van der Waals surface area contributed by atoms with E-state index < -0.39 is 4.92 Å². The van der Waals surface area contributed by atoms with Crippen molar-refractivity contribution in [1.29, 1.82) is 0 Å². The molecular weight excluding hydrogens is 332 g/mol. The molecule has 0 aliphatic heterocycles. The summed E-state index contributed by atoms with van der Waals surface area (Å²) in [4.78, 5) is 25.1. The zero-order chi connectivity index (χ0) is 19.1. The molecule has 0 saturated heterocycles. The number of non-ortho nitro benzene ring substituents is 1. The second-order valence-corrected chi connectivity index (χ2v) is 6.06. The van der Waals surface area contributed by atoms with Crippen LogP contribution in [0.1, 0.15) is 29.8 Å². The molecule has 0 aliphatic rings. The van der Waals surface area contributed by atoms with Crippen molar-refractivity contribution in [3.8, 4) is 5.75 Å². The van der Waals surface area contributed by atoms with Crippen LogP contribution in [-0.4, -0.2) is 28.4 Å². The molecule has 0 fully saturated rings. The van der Waals surface area contributed by atoms with Crippen molar-refractivity contribution in [3.05, 3.63) is 82.4 Å². The first-order valence-electron chi connectivity index (χ1n) is 8.31. The van der Waals surface area contributed by atoms with Gasteiger partial charge in [0.2, 0.25) is 0 Å². The summed E-state index contributed by atoms with van der Waals surface area (Å²) in [5.41, 5.74) is 1.13. The highest BCUT2D eigenvalue weighted by atomic mass is 16.6. The van der Waals surface area contributed by atoms with Gasteiger partial charge in [0, 0.05) is 25.2 Å². The van der Waals surface area contributed by atoms with Crippen molar-refractivity contribution >= 4 is 11.6 Å². The molecule has 0 spiro atoms. The third-order valence-corrected chi connectivity index (χ3v) is 3.61. The van der Waals surface area contributed by atoms with Crippen LogP contribution in [0.5, 0.6) is 5.75 Å².